The SMILES string of the molecule is O=C(O)c1cc(Cl)cc(S(=O)(=O)N2CCSCC2)c1F. The van der Waals surface area contributed by atoms with Crippen LogP contribution in [0.1, 0.15) is 10.4 Å². The first-order valence-electron chi connectivity index (χ1n) is 5.64. The van der Waals surface area contributed by atoms with E-state index in [0.717, 1.165) is 16.4 Å². The minimum Gasteiger partial charge on any atom is -0.478 e. The molecule has 1 aliphatic heterocycles. The highest BCUT2D eigenvalue weighted by atomic mass is 35.5. The van der Waals surface area contributed by atoms with Crippen molar-refractivity contribution in [3.8, 4) is 0 Å². The minimum absolute atomic E-state index is 0.131. The summed E-state index contributed by atoms with van der Waals surface area (Å²) in [5.74, 6) is -1.60. The molecule has 0 amide bonds. The average Bonchev–Trinajstić information content (AvgIpc) is 2.41. The molecule has 1 saturated heterocycles. The number of hydrogen-bond acceptors (Lipinski definition) is 4. The third kappa shape index (κ3) is 2.93. The molecule has 9 heteroatoms. The minimum atomic E-state index is -4.07. The lowest BCUT2D eigenvalue weighted by Gasteiger charge is -2.26. The second kappa shape index (κ2) is 5.88. The summed E-state index contributed by atoms with van der Waals surface area (Å²) >= 11 is 7.30. The van der Waals surface area contributed by atoms with Crippen LogP contribution in [0.2, 0.25) is 5.02 Å². The molecule has 5 nitrogen and oxygen atoms in total. The van der Waals surface area contributed by atoms with Crippen molar-refractivity contribution < 1.29 is 22.7 Å². The van der Waals surface area contributed by atoms with Crippen molar-refractivity contribution in [2.45, 2.75) is 4.90 Å². The molecule has 1 aromatic rings. The number of thioether (sulfide) groups is 1. The highest BCUT2D eigenvalue weighted by molar-refractivity contribution is 7.99. The molecule has 2 rings (SSSR count). The molecule has 0 atom stereocenters. The number of hydrogen-bond donors (Lipinski definition) is 1. The number of rotatable bonds is 3. The molecule has 0 bridgehead atoms. The van der Waals surface area contributed by atoms with Crippen LogP contribution in [0.15, 0.2) is 17.0 Å². The second-order valence-corrected chi connectivity index (χ2v) is 7.65. The predicted molar refractivity (Wildman–Crippen MR) is 74.5 cm³/mol. The lowest BCUT2D eigenvalue weighted by molar-refractivity contribution is 0.0691. The van der Waals surface area contributed by atoms with Gasteiger partial charge in [-0.2, -0.15) is 16.1 Å². The van der Waals surface area contributed by atoms with Crippen LogP contribution in [0, 0.1) is 5.82 Å². The summed E-state index contributed by atoms with van der Waals surface area (Å²) < 4.78 is 40.0. The molecule has 110 valence electrons. The molecule has 0 aromatic heterocycles. The molecule has 0 aliphatic carbocycles. The van der Waals surface area contributed by atoms with Gasteiger partial charge in [0.25, 0.3) is 0 Å². The molecule has 1 aliphatic rings. The first kappa shape index (κ1) is 15.6. The smallest absolute Gasteiger partial charge is 0.338 e. The van der Waals surface area contributed by atoms with Crippen LogP contribution in [0.25, 0.3) is 0 Å². The fourth-order valence-corrected chi connectivity index (χ4v) is 4.80. The summed E-state index contributed by atoms with van der Waals surface area (Å²) in [4.78, 5) is 10.2. The van der Waals surface area contributed by atoms with Gasteiger partial charge in [0.2, 0.25) is 10.0 Å². The Morgan fingerprint density at radius 2 is 1.95 bits per heavy atom. The monoisotopic (exact) mass is 339 g/mol. The van der Waals surface area contributed by atoms with E-state index in [1.54, 1.807) is 11.8 Å². The highest BCUT2D eigenvalue weighted by Gasteiger charge is 2.31. The Kier molecular flexibility index (Phi) is 4.58. The maximum Gasteiger partial charge on any atom is 0.338 e. The summed E-state index contributed by atoms with van der Waals surface area (Å²) in [6, 6.07) is 1.84. The maximum absolute atomic E-state index is 14.1. The Balaban J connectivity index is 2.53. The van der Waals surface area contributed by atoms with Crippen LogP contribution in [0.3, 0.4) is 0 Å². The van der Waals surface area contributed by atoms with Gasteiger partial charge in [-0.3, -0.25) is 0 Å². The highest BCUT2D eigenvalue weighted by Crippen LogP contribution is 2.27. The Labute approximate surface area is 124 Å². The van der Waals surface area contributed by atoms with E-state index in [1.165, 1.54) is 0 Å². The van der Waals surface area contributed by atoms with E-state index < -0.39 is 32.3 Å². The first-order valence-corrected chi connectivity index (χ1v) is 8.61. The van der Waals surface area contributed by atoms with E-state index in [1.807, 2.05) is 0 Å². The zero-order chi connectivity index (χ0) is 14.9. The van der Waals surface area contributed by atoms with Crippen molar-refractivity contribution >= 4 is 39.4 Å². The van der Waals surface area contributed by atoms with E-state index in [2.05, 4.69) is 0 Å². The van der Waals surface area contributed by atoms with Crippen molar-refractivity contribution in [3.63, 3.8) is 0 Å². The molecule has 1 fully saturated rings. The maximum atomic E-state index is 14.1. The molecular weight excluding hydrogens is 329 g/mol. The zero-order valence-electron chi connectivity index (χ0n) is 10.2. The summed E-state index contributed by atoms with van der Waals surface area (Å²) in [5.41, 5.74) is -0.748. The van der Waals surface area contributed by atoms with Gasteiger partial charge in [-0.05, 0) is 12.1 Å². The lowest BCUT2D eigenvalue weighted by atomic mass is 10.2. The molecular formula is C11H11ClFNO4S2. The first-order chi connectivity index (χ1) is 9.34. The van der Waals surface area contributed by atoms with Gasteiger partial charge in [0.1, 0.15) is 4.90 Å². The van der Waals surface area contributed by atoms with Crippen LogP contribution < -0.4 is 0 Å². The Morgan fingerprint density at radius 1 is 1.35 bits per heavy atom. The van der Waals surface area contributed by atoms with E-state index >= 15 is 0 Å². The van der Waals surface area contributed by atoms with E-state index in [0.29, 0.717) is 11.5 Å². The topological polar surface area (TPSA) is 74.7 Å². The quantitative estimate of drug-likeness (QED) is 0.910. The number of benzene rings is 1. The third-order valence-corrected chi connectivity index (χ3v) is 5.88. The van der Waals surface area contributed by atoms with Gasteiger partial charge in [0.15, 0.2) is 5.82 Å². The fourth-order valence-electron chi connectivity index (χ4n) is 1.83. The zero-order valence-corrected chi connectivity index (χ0v) is 12.6. The third-order valence-electron chi connectivity index (χ3n) is 2.82. The predicted octanol–water partition coefficient (Wildman–Crippen LogP) is 1.91. The molecule has 0 saturated carbocycles. The number of carboxylic acids is 1. The number of aromatic carboxylic acids is 1. The van der Waals surface area contributed by atoms with Gasteiger partial charge in [0.05, 0.1) is 5.56 Å². The van der Waals surface area contributed by atoms with Crippen LogP contribution in [-0.2, 0) is 10.0 Å². The van der Waals surface area contributed by atoms with Gasteiger partial charge >= 0.3 is 5.97 Å². The van der Waals surface area contributed by atoms with Crippen molar-refractivity contribution in [1.29, 1.82) is 0 Å². The summed E-state index contributed by atoms with van der Waals surface area (Å²) in [7, 11) is -4.07. The number of nitrogens with zero attached hydrogens (tertiary/aromatic N) is 1. The number of halogens is 2. The van der Waals surface area contributed by atoms with Crippen LogP contribution in [-0.4, -0.2) is 48.4 Å². The molecule has 0 spiro atoms. The van der Waals surface area contributed by atoms with Gasteiger partial charge in [0, 0.05) is 29.6 Å². The van der Waals surface area contributed by atoms with E-state index in [9.17, 15) is 17.6 Å². The number of carbonyl (C=O) groups is 1. The van der Waals surface area contributed by atoms with Crippen molar-refractivity contribution in [2.75, 3.05) is 24.6 Å². The van der Waals surface area contributed by atoms with Gasteiger partial charge in [-0.1, -0.05) is 11.6 Å². The fraction of sp³-hybridized carbons (Fsp3) is 0.364. The lowest BCUT2D eigenvalue weighted by Crippen LogP contribution is -2.38. The molecule has 0 radical (unpaired) electrons. The van der Waals surface area contributed by atoms with Crippen molar-refractivity contribution in [1.82, 2.24) is 4.31 Å². The number of carboxylic acid groups (broad SMARTS) is 1. The van der Waals surface area contributed by atoms with Gasteiger partial charge in [-0.25, -0.2) is 17.6 Å². The van der Waals surface area contributed by atoms with Gasteiger partial charge in [-0.15, -0.1) is 0 Å². The summed E-state index contributed by atoms with van der Waals surface area (Å²) in [5, 5.41) is 8.75. The van der Waals surface area contributed by atoms with Crippen LogP contribution >= 0.6 is 23.4 Å². The Bertz CT molecular complexity index is 644. The van der Waals surface area contributed by atoms with Crippen molar-refractivity contribution in [2.24, 2.45) is 0 Å². The van der Waals surface area contributed by atoms with Gasteiger partial charge < -0.3 is 5.11 Å². The van der Waals surface area contributed by atoms with E-state index in [4.69, 9.17) is 16.7 Å². The number of sulfonamides is 1. The second-order valence-electron chi connectivity index (χ2n) is 4.09. The summed E-state index contributed by atoms with van der Waals surface area (Å²) in [6.07, 6.45) is 0. The summed E-state index contributed by atoms with van der Waals surface area (Å²) in [6.45, 7) is 0.530. The Morgan fingerprint density at radius 3 is 2.50 bits per heavy atom. The molecule has 1 aromatic carbocycles. The normalized spacial score (nSPS) is 17.1. The van der Waals surface area contributed by atoms with E-state index in [-0.39, 0.29) is 18.1 Å². The molecule has 1 heterocycles. The van der Waals surface area contributed by atoms with Crippen LogP contribution in [0.5, 0.6) is 0 Å². The molecule has 0 unspecified atom stereocenters. The molecule has 20 heavy (non-hydrogen) atoms. The largest absolute Gasteiger partial charge is 0.478 e. The Hall–Kier alpha value is -0.830. The molecule has 1 N–H and O–H groups in total. The standard InChI is InChI=1S/C11H11ClFNO4S2/c12-7-5-8(11(15)16)10(13)9(6-7)20(17,18)14-1-3-19-4-2-14/h5-6H,1-4H2,(H,15,16). The van der Waals surface area contributed by atoms with Crippen LogP contribution in [0.4, 0.5) is 4.39 Å². The van der Waals surface area contributed by atoms with Crippen molar-refractivity contribution in [3.05, 3.63) is 28.5 Å². The average molecular weight is 340 g/mol.